The van der Waals surface area contributed by atoms with Crippen LogP contribution in [-0.2, 0) is 0 Å². The maximum Gasteiger partial charge on any atom is 0.251 e. The Labute approximate surface area is 110 Å². The minimum atomic E-state index is -0.0384. The SMILES string of the molecule is Nc1cc(C(=O)NCCC2CCC2)ccc1Br. The first kappa shape index (κ1) is 12.4. The van der Waals surface area contributed by atoms with Crippen LogP contribution in [0.4, 0.5) is 5.69 Å². The number of rotatable bonds is 4. The van der Waals surface area contributed by atoms with Crippen molar-refractivity contribution in [3.05, 3.63) is 28.2 Å². The van der Waals surface area contributed by atoms with Crippen LogP contribution < -0.4 is 11.1 Å². The lowest BCUT2D eigenvalue weighted by Gasteiger charge is -2.25. The standard InChI is InChI=1S/C13H17BrN2O/c14-11-5-4-10(8-12(11)15)13(17)16-7-6-9-2-1-3-9/h4-5,8-9H,1-3,6-7,15H2,(H,16,17). The number of carbonyl (C=O) groups is 1. The van der Waals surface area contributed by atoms with Crippen molar-refractivity contribution in [3.8, 4) is 0 Å². The van der Waals surface area contributed by atoms with Crippen molar-refractivity contribution in [2.75, 3.05) is 12.3 Å². The summed E-state index contributed by atoms with van der Waals surface area (Å²) in [5.74, 6) is 0.786. The highest BCUT2D eigenvalue weighted by atomic mass is 79.9. The van der Waals surface area contributed by atoms with E-state index >= 15 is 0 Å². The predicted molar refractivity (Wildman–Crippen MR) is 72.8 cm³/mol. The second-order valence-electron chi connectivity index (χ2n) is 4.58. The number of benzene rings is 1. The second-order valence-corrected chi connectivity index (χ2v) is 5.43. The second kappa shape index (κ2) is 5.54. The summed E-state index contributed by atoms with van der Waals surface area (Å²) in [5, 5.41) is 2.93. The monoisotopic (exact) mass is 296 g/mol. The number of hydrogen-bond donors (Lipinski definition) is 2. The maximum atomic E-state index is 11.8. The van der Waals surface area contributed by atoms with Gasteiger partial charge in [0, 0.05) is 22.3 Å². The van der Waals surface area contributed by atoms with E-state index in [0.717, 1.165) is 23.4 Å². The minimum Gasteiger partial charge on any atom is -0.398 e. The van der Waals surface area contributed by atoms with E-state index in [1.165, 1.54) is 19.3 Å². The molecule has 0 spiro atoms. The number of nitrogen functional groups attached to an aromatic ring is 1. The molecular weight excluding hydrogens is 280 g/mol. The maximum absolute atomic E-state index is 11.8. The summed E-state index contributed by atoms with van der Waals surface area (Å²) in [6, 6.07) is 5.28. The van der Waals surface area contributed by atoms with E-state index < -0.39 is 0 Å². The Hall–Kier alpha value is -1.03. The van der Waals surface area contributed by atoms with E-state index in [9.17, 15) is 4.79 Å². The summed E-state index contributed by atoms with van der Waals surface area (Å²) >= 11 is 3.31. The molecule has 1 fully saturated rings. The average molecular weight is 297 g/mol. The largest absolute Gasteiger partial charge is 0.398 e. The van der Waals surface area contributed by atoms with Gasteiger partial charge in [-0.3, -0.25) is 4.79 Å². The van der Waals surface area contributed by atoms with Crippen molar-refractivity contribution in [2.45, 2.75) is 25.7 Å². The summed E-state index contributed by atoms with van der Waals surface area (Å²) in [6.07, 6.45) is 5.09. The zero-order valence-electron chi connectivity index (χ0n) is 9.71. The number of amides is 1. The van der Waals surface area contributed by atoms with Gasteiger partial charge in [-0.25, -0.2) is 0 Å². The van der Waals surface area contributed by atoms with Gasteiger partial charge < -0.3 is 11.1 Å². The highest BCUT2D eigenvalue weighted by Gasteiger charge is 2.17. The van der Waals surface area contributed by atoms with Crippen LogP contribution in [0.2, 0.25) is 0 Å². The molecule has 3 N–H and O–H groups in total. The fraction of sp³-hybridized carbons (Fsp3) is 0.462. The molecule has 0 saturated heterocycles. The number of hydrogen-bond acceptors (Lipinski definition) is 2. The molecule has 0 bridgehead atoms. The molecule has 17 heavy (non-hydrogen) atoms. The van der Waals surface area contributed by atoms with Crippen LogP contribution in [0.1, 0.15) is 36.0 Å². The van der Waals surface area contributed by atoms with Gasteiger partial charge in [-0.05, 0) is 46.5 Å². The van der Waals surface area contributed by atoms with E-state index in [-0.39, 0.29) is 5.91 Å². The summed E-state index contributed by atoms with van der Waals surface area (Å²) in [6.45, 7) is 0.763. The quantitative estimate of drug-likeness (QED) is 0.840. The molecule has 1 aliphatic rings. The number of halogens is 1. The predicted octanol–water partition coefficient (Wildman–Crippen LogP) is 2.95. The van der Waals surface area contributed by atoms with Gasteiger partial charge in [-0.1, -0.05) is 19.3 Å². The molecule has 1 aromatic rings. The molecule has 1 saturated carbocycles. The van der Waals surface area contributed by atoms with Crippen LogP contribution >= 0.6 is 15.9 Å². The van der Waals surface area contributed by atoms with Gasteiger partial charge in [-0.15, -0.1) is 0 Å². The Balaban J connectivity index is 1.83. The summed E-state index contributed by atoms with van der Waals surface area (Å²) in [7, 11) is 0. The molecule has 0 aliphatic heterocycles. The molecule has 0 radical (unpaired) electrons. The van der Waals surface area contributed by atoms with Crippen molar-refractivity contribution in [2.24, 2.45) is 5.92 Å². The lowest BCUT2D eigenvalue weighted by atomic mass is 9.83. The first-order valence-electron chi connectivity index (χ1n) is 6.00. The van der Waals surface area contributed by atoms with E-state index in [1.54, 1.807) is 18.2 Å². The van der Waals surface area contributed by atoms with Gasteiger partial charge in [-0.2, -0.15) is 0 Å². The van der Waals surface area contributed by atoms with E-state index in [1.807, 2.05) is 0 Å². The number of nitrogens with one attached hydrogen (secondary N) is 1. The van der Waals surface area contributed by atoms with Crippen molar-refractivity contribution in [3.63, 3.8) is 0 Å². The number of carbonyl (C=O) groups excluding carboxylic acids is 1. The molecular formula is C13H17BrN2O. The topological polar surface area (TPSA) is 55.1 Å². The zero-order chi connectivity index (χ0) is 12.3. The first-order valence-corrected chi connectivity index (χ1v) is 6.79. The summed E-state index contributed by atoms with van der Waals surface area (Å²) in [4.78, 5) is 11.8. The highest BCUT2D eigenvalue weighted by molar-refractivity contribution is 9.10. The lowest BCUT2D eigenvalue weighted by molar-refractivity contribution is 0.0949. The van der Waals surface area contributed by atoms with Crippen molar-refractivity contribution in [1.82, 2.24) is 5.32 Å². The third kappa shape index (κ3) is 3.22. The van der Waals surface area contributed by atoms with E-state index in [4.69, 9.17) is 5.73 Å². The third-order valence-electron chi connectivity index (χ3n) is 3.32. The summed E-state index contributed by atoms with van der Waals surface area (Å²) < 4.78 is 0.823. The van der Waals surface area contributed by atoms with Gasteiger partial charge in [0.1, 0.15) is 0 Å². The zero-order valence-corrected chi connectivity index (χ0v) is 11.3. The molecule has 1 amide bonds. The van der Waals surface area contributed by atoms with E-state index in [2.05, 4.69) is 21.2 Å². The smallest absolute Gasteiger partial charge is 0.251 e. The summed E-state index contributed by atoms with van der Waals surface area (Å²) in [5.41, 5.74) is 6.96. The van der Waals surface area contributed by atoms with Gasteiger partial charge in [0.2, 0.25) is 0 Å². The Morgan fingerprint density at radius 1 is 1.47 bits per heavy atom. The molecule has 1 aliphatic carbocycles. The Kier molecular flexibility index (Phi) is 4.05. The minimum absolute atomic E-state index is 0.0384. The molecule has 1 aromatic carbocycles. The molecule has 0 aromatic heterocycles. The van der Waals surface area contributed by atoms with Gasteiger partial charge in [0.05, 0.1) is 0 Å². The van der Waals surface area contributed by atoms with Crippen LogP contribution in [-0.4, -0.2) is 12.5 Å². The molecule has 0 atom stereocenters. The van der Waals surface area contributed by atoms with Crippen LogP contribution in [0.3, 0.4) is 0 Å². The van der Waals surface area contributed by atoms with Crippen molar-refractivity contribution < 1.29 is 4.79 Å². The fourth-order valence-corrected chi connectivity index (χ4v) is 2.20. The Morgan fingerprint density at radius 3 is 2.82 bits per heavy atom. The Bertz CT molecular complexity index is 416. The third-order valence-corrected chi connectivity index (χ3v) is 4.04. The van der Waals surface area contributed by atoms with Gasteiger partial charge >= 0.3 is 0 Å². The van der Waals surface area contributed by atoms with Crippen molar-refractivity contribution in [1.29, 1.82) is 0 Å². The van der Waals surface area contributed by atoms with Gasteiger partial charge in [0.25, 0.3) is 5.91 Å². The molecule has 0 heterocycles. The van der Waals surface area contributed by atoms with Crippen LogP contribution in [0.15, 0.2) is 22.7 Å². The van der Waals surface area contributed by atoms with Crippen LogP contribution in [0.5, 0.6) is 0 Å². The average Bonchev–Trinajstić information content (AvgIpc) is 2.25. The van der Waals surface area contributed by atoms with Crippen LogP contribution in [0, 0.1) is 5.92 Å². The number of nitrogens with two attached hydrogens (primary N) is 1. The molecule has 92 valence electrons. The highest BCUT2D eigenvalue weighted by Crippen LogP contribution is 2.28. The lowest BCUT2D eigenvalue weighted by Crippen LogP contribution is -2.27. The first-order chi connectivity index (χ1) is 8.16. The normalized spacial score (nSPS) is 15.4. The van der Waals surface area contributed by atoms with Crippen molar-refractivity contribution >= 4 is 27.5 Å². The molecule has 4 heteroatoms. The number of anilines is 1. The van der Waals surface area contributed by atoms with E-state index in [0.29, 0.717) is 11.3 Å². The fourth-order valence-electron chi connectivity index (χ4n) is 1.96. The molecule has 0 unspecified atom stereocenters. The van der Waals surface area contributed by atoms with Crippen LogP contribution in [0.25, 0.3) is 0 Å². The molecule has 3 nitrogen and oxygen atoms in total. The molecule has 2 rings (SSSR count). The van der Waals surface area contributed by atoms with Gasteiger partial charge in [0.15, 0.2) is 0 Å². The Morgan fingerprint density at radius 2 is 2.24 bits per heavy atom.